The van der Waals surface area contributed by atoms with Gasteiger partial charge < -0.3 is 19.8 Å². The lowest BCUT2D eigenvalue weighted by Crippen LogP contribution is -2.38. The average molecular weight is 344 g/mol. The van der Waals surface area contributed by atoms with Gasteiger partial charge in [0.05, 0.1) is 13.2 Å². The van der Waals surface area contributed by atoms with Gasteiger partial charge in [-0.05, 0) is 50.4 Å². The normalized spacial score (nSPS) is 16.4. The molecule has 25 heavy (non-hydrogen) atoms. The highest BCUT2D eigenvalue weighted by molar-refractivity contribution is 5.54. The molecule has 0 bridgehead atoms. The van der Waals surface area contributed by atoms with E-state index in [1.165, 1.54) is 18.4 Å². The highest BCUT2D eigenvalue weighted by Crippen LogP contribution is 2.18. The van der Waals surface area contributed by atoms with Gasteiger partial charge in [-0.3, -0.25) is 0 Å². The Morgan fingerprint density at radius 1 is 1.24 bits per heavy atom. The first-order valence-electron chi connectivity index (χ1n) is 9.24. The van der Waals surface area contributed by atoms with Crippen molar-refractivity contribution < 1.29 is 9.63 Å². The van der Waals surface area contributed by atoms with Crippen LogP contribution in [-0.4, -0.2) is 52.9 Å². The van der Waals surface area contributed by atoms with Crippen molar-refractivity contribution >= 4 is 0 Å². The quantitative estimate of drug-likeness (QED) is 0.764. The highest BCUT2D eigenvalue weighted by atomic mass is 16.5. The van der Waals surface area contributed by atoms with Gasteiger partial charge in [-0.15, -0.1) is 0 Å². The number of aliphatic hydroxyl groups excluding tert-OH is 1. The maximum atomic E-state index is 8.99. The number of aryl methyl sites for hydroxylation is 1. The van der Waals surface area contributed by atoms with E-state index >= 15 is 0 Å². The van der Waals surface area contributed by atoms with Crippen molar-refractivity contribution in [3.8, 4) is 11.4 Å². The molecule has 0 aliphatic carbocycles. The topological polar surface area (TPSA) is 74.4 Å². The summed E-state index contributed by atoms with van der Waals surface area (Å²) in [5, 5.41) is 16.5. The summed E-state index contributed by atoms with van der Waals surface area (Å²) in [5.41, 5.74) is 2.29. The largest absolute Gasteiger partial charge is 0.395 e. The van der Waals surface area contributed by atoms with Crippen LogP contribution in [0.3, 0.4) is 0 Å². The highest BCUT2D eigenvalue weighted by Gasteiger charge is 2.18. The van der Waals surface area contributed by atoms with Gasteiger partial charge in [-0.1, -0.05) is 36.3 Å². The fraction of sp³-hybridized carbons (Fsp3) is 0.579. The van der Waals surface area contributed by atoms with Crippen molar-refractivity contribution in [3.05, 3.63) is 35.7 Å². The summed E-state index contributed by atoms with van der Waals surface area (Å²) >= 11 is 0. The van der Waals surface area contributed by atoms with Gasteiger partial charge in [0.2, 0.25) is 11.7 Å². The summed E-state index contributed by atoms with van der Waals surface area (Å²) in [6.07, 6.45) is 3.37. The van der Waals surface area contributed by atoms with E-state index in [1.54, 1.807) is 0 Å². The fourth-order valence-corrected chi connectivity index (χ4v) is 3.27. The molecular weight excluding hydrogens is 316 g/mol. The number of nitrogens with zero attached hydrogens (tertiary/aromatic N) is 3. The van der Waals surface area contributed by atoms with Gasteiger partial charge in [0.1, 0.15) is 0 Å². The molecule has 1 fully saturated rings. The van der Waals surface area contributed by atoms with E-state index < -0.39 is 0 Å². The number of hydrogen-bond donors (Lipinski definition) is 2. The summed E-state index contributed by atoms with van der Waals surface area (Å²) in [6, 6.07) is 8.29. The first-order chi connectivity index (χ1) is 12.3. The molecule has 1 aromatic heterocycles. The van der Waals surface area contributed by atoms with E-state index in [2.05, 4.69) is 39.4 Å². The second-order valence-electron chi connectivity index (χ2n) is 6.70. The van der Waals surface area contributed by atoms with Gasteiger partial charge in [0.25, 0.3) is 0 Å². The summed E-state index contributed by atoms with van der Waals surface area (Å²) in [7, 11) is 0. The number of piperidine rings is 1. The minimum atomic E-state index is 0.254. The first-order valence-corrected chi connectivity index (χ1v) is 9.24. The molecule has 0 radical (unpaired) electrons. The molecule has 1 aliphatic rings. The van der Waals surface area contributed by atoms with Crippen LogP contribution in [0.15, 0.2) is 28.8 Å². The number of aromatic nitrogens is 2. The van der Waals surface area contributed by atoms with Crippen LogP contribution in [0.5, 0.6) is 0 Å². The predicted molar refractivity (Wildman–Crippen MR) is 97.1 cm³/mol. The third kappa shape index (κ3) is 5.11. The zero-order valence-corrected chi connectivity index (χ0v) is 14.9. The lowest BCUT2D eigenvalue weighted by Gasteiger charge is -2.31. The molecule has 1 aromatic carbocycles. The molecule has 2 heterocycles. The molecule has 136 valence electrons. The third-order valence-corrected chi connectivity index (χ3v) is 4.92. The molecule has 6 heteroatoms. The predicted octanol–water partition coefficient (Wildman–Crippen LogP) is 2.09. The molecule has 2 aromatic rings. The van der Waals surface area contributed by atoms with Crippen molar-refractivity contribution in [1.29, 1.82) is 0 Å². The fourth-order valence-electron chi connectivity index (χ4n) is 3.27. The Labute approximate surface area is 149 Å². The Hall–Kier alpha value is -1.76. The molecule has 2 N–H and O–H groups in total. The SMILES string of the molecule is CCc1ccc(-c2noc(CNCC3CCN(CCO)CC3)n2)cc1. The molecule has 0 amide bonds. The maximum absolute atomic E-state index is 8.99. The number of likely N-dealkylation sites (tertiary alicyclic amines) is 1. The van der Waals surface area contributed by atoms with Gasteiger partial charge >= 0.3 is 0 Å². The maximum Gasteiger partial charge on any atom is 0.240 e. The van der Waals surface area contributed by atoms with Gasteiger partial charge in [0, 0.05) is 12.1 Å². The van der Waals surface area contributed by atoms with E-state index in [0.717, 1.165) is 38.2 Å². The minimum absolute atomic E-state index is 0.254. The lowest BCUT2D eigenvalue weighted by atomic mass is 9.97. The van der Waals surface area contributed by atoms with Crippen LogP contribution in [0.2, 0.25) is 0 Å². The average Bonchev–Trinajstić information content (AvgIpc) is 3.12. The Bertz CT molecular complexity index is 633. The van der Waals surface area contributed by atoms with Crippen LogP contribution in [0.25, 0.3) is 11.4 Å². The number of benzene rings is 1. The zero-order valence-electron chi connectivity index (χ0n) is 14.9. The smallest absolute Gasteiger partial charge is 0.240 e. The van der Waals surface area contributed by atoms with Crippen LogP contribution in [0.1, 0.15) is 31.2 Å². The Morgan fingerprint density at radius 2 is 2.00 bits per heavy atom. The summed E-state index contributed by atoms with van der Waals surface area (Å²) in [4.78, 5) is 6.80. The molecule has 0 atom stereocenters. The van der Waals surface area contributed by atoms with E-state index in [4.69, 9.17) is 9.63 Å². The number of β-amino-alcohol motifs (C(OH)–C–C–N with tert-alkyl or cyclic N) is 1. The molecule has 1 aliphatic heterocycles. The van der Waals surface area contributed by atoms with E-state index in [1.807, 2.05) is 12.1 Å². The molecule has 1 saturated heterocycles. The van der Waals surface area contributed by atoms with E-state index in [9.17, 15) is 0 Å². The number of hydrogen-bond acceptors (Lipinski definition) is 6. The van der Waals surface area contributed by atoms with Crippen molar-refractivity contribution in [2.75, 3.05) is 32.8 Å². The van der Waals surface area contributed by atoms with Crippen LogP contribution in [0, 0.1) is 5.92 Å². The van der Waals surface area contributed by atoms with E-state index in [-0.39, 0.29) is 6.61 Å². The van der Waals surface area contributed by atoms with Crippen LogP contribution < -0.4 is 5.32 Å². The van der Waals surface area contributed by atoms with Crippen molar-refractivity contribution in [1.82, 2.24) is 20.4 Å². The molecule has 0 spiro atoms. The van der Waals surface area contributed by atoms with E-state index in [0.29, 0.717) is 24.2 Å². The molecule has 0 unspecified atom stereocenters. The monoisotopic (exact) mass is 344 g/mol. The second-order valence-corrected chi connectivity index (χ2v) is 6.70. The summed E-state index contributed by atoms with van der Waals surface area (Å²) in [6.45, 7) is 6.92. The van der Waals surface area contributed by atoms with Crippen LogP contribution >= 0.6 is 0 Å². The van der Waals surface area contributed by atoms with Crippen LogP contribution in [-0.2, 0) is 13.0 Å². The molecule has 6 nitrogen and oxygen atoms in total. The molecule has 3 rings (SSSR count). The van der Waals surface area contributed by atoms with Crippen molar-refractivity contribution in [3.63, 3.8) is 0 Å². The molecule has 0 saturated carbocycles. The minimum Gasteiger partial charge on any atom is -0.395 e. The number of aliphatic hydroxyl groups is 1. The Balaban J connectivity index is 1.43. The number of nitrogens with one attached hydrogen (secondary N) is 1. The standard InChI is InChI=1S/C19H28N4O2/c1-2-15-3-5-17(6-4-15)19-21-18(25-22-19)14-20-13-16-7-9-23(10-8-16)11-12-24/h3-6,16,20,24H,2,7-14H2,1H3. The van der Waals surface area contributed by atoms with Gasteiger partial charge in [0.15, 0.2) is 0 Å². The molecular formula is C19H28N4O2. The number of rotatable bonds is 8. The van der Waals surface area contributed by atoms with Gasteiger partial charge in [-0.2, -0.15) is 4.98 Å². The van der Waals surface area contributed by atoms with Crippen molar-refractivity contribution in [2.45, 2.75) is 32.7 Å². The zero-order chi connectivity index (χ0) is 17.5. The van der Waals surface area contributed by atoms with Crippen molar-refractivity contribution in [2.24, 2.45) is 5.92 Å². The second kappa shape index (κ2) is 9.08. The Morgan fingerprint density at radius 3 is 2.68 bits per heavy atom. The summed E-state index contributed by atoms with van der Waals surface area (Å²) in [5.74, 6) is 1.96. The summed E-state index contributed by atoms with van der Waals surface area (Å²) < 4.78 is 5.35. The Kier molecular flexibility index (Phi) is 6.55. The first kappa shape index (κ1) is 18.0. The van der Waals surface area contributed by atoms with Gasteiger partial charge in [-0.25, -0.2) is 0 Å². The lowest BCUT2D eigenvalue weighted by molar-refractivity contribution is 0.146. The van der Waals surface area contributed by atoms with Crippen LogP contribution in [0.4, 0.5) is 0 Å². The third-order valence-electron chi connectivity index (χ3n) is 4.92.